The van der Waals surface area contributed by atoms with Gasteiger partial charge in [0.05, 0.1) is 20.3 Å². The molecule has 2 aromatic rings. The Bertz CT molecular complexity index is 597. The molecule has 0 aliphatic rings. The highest BCUT2D eigenvalue weighted by molar-refractivity contribution is 9.10. The molecule has 1 unspecified atom stereocenters. The molecular weight excluding hydrogens is 325 g/mol. The minimum atomic E-state index is -0.600. The Morgan fingerprint density at radius 1 is 1.05 bits per heavy atom. The van der Waals surface area contributed by atoms with Gasteiger partial charge in [0.15, 0.2) is 0 Å². The van der Waals surface area contributed by atoms with Gasteiger partial charge in [0.1, 0.15) is 17.3 Å². The molecule has 0 amide bonds. The van der Waals surface area contributed by atoms with Gasteiger partial charge in [0.25, 0.3) is 0 Å². The maximum Gasteiger partial charge on any atom is 0.128 e. The van der Waals surface area contributed by atoms with E-state index in [4.69, 9.17) is 15.2 Å². The van der Waals surface area contributed by atoms with Crippen molar-refractivity contribution in [3.8, 4) is 11.5 Å². The number of benzene rings is 2. The van der Waals surface area contributed by atoms with Crippen molar-refractivity contribution in [2.45, 2.75) is 6.04 Å². The first kappa shape index (κ1) is 14.8. The van der Waals surface area contributed by atoms with E-state index in [1.165, 1.54) is 6.07 Å². The average molecular weight is 340 g/mol. The summed E-state index contributed by atoms with van der Waals surface area (Å²) in [6.07, 6.45) is 0. The lowest BCUT2D eigenvalue weighted by Crippen LogP contribution is -2.14. The number of halogens is 2. The monoisotopic (exact) mass is 339 g/mol. The number of methoxy groups -OCH3 is 2. The predicted octanol–water partition coefficient (Wildman–Crippen LogP) is 3.65. The average Bonchev–Trinajstić information content (AvgIpc) is 2.48. The molecular formula is C15H15BrFNO2. The molecule has 20 heavy (non-hydrogen) atoms. The number of nitrogens with two attached hydrogens (primary N) is 1. The van der Waals surface area contributed by atoms with Crippen LogP contribution in [0.2, 0.25) is 0 Å². The molecule has 0 aliphatic carbocycles. The number of hydrogen-bond acceptors (Lipinski definition) is 3. The first-order chi connectivity index (χ1) is 9.55. The third-order valence-electron chi connectivity index (χ3n) is 3.03. The van der Waals surface area contributed by atoms with Crippen molar-refractivity contribution in [2.75, 3.05) is 14.2 Å². The van der Waals surface area contributed by atoms with Crippen LogP contribution in [0.5, 0.6) is 11.5 Å². The Morgan fingerprint density at radius 2 is 1.65 bits per heavy atom. The van der Waals surface area contributed by atoms with Crippen LogP contribution in [0.15, 0.2) is 40.9 Å². The molecule has 0 spiro atoms. The van der Waals surface area contributed by atoms with Crippen LogP contribution in [0.3, 0.4) is 0 Å². The molecule has 106 valence electrons. The van der Waals surface area contributed by atoms with E-state index in [0.717, 1.165) is 10.0 Å². The van der Waals surface area contributed by atoms with Crippen molar-refractivity contribution in [3.05, 3.63) is 57.8 Å². The van der Waals surface area contributed by atoms with Crippen molar-refractivity contribution in [1.82, 2.24) is 0 Å². The third kappa shape index (κ3) is 3.11. The van der Waals surface area contributed by atoms with Crippen LogP contribution in [-0.4, -0.2) is 14.2 Å². The molecule has 1 atom stereocenters. The maximum absolute atomic E-state index is 13.9. The second-order valence-corrected chi connectivity index (χ2v) is 5.21. The zero-order valence-electron chi connectivity index (χ0n) is 11.2. The second kappa shape index (κ2) is 6.24. The van der Waals surface area contributed by atoms with Crippen molar-refractivity contribution in [2.24, 2.45) is 5.73 Å². The highest BCUT2D eigenvalue weighted by Crippen LogP contribution is 2.30. The first-order valence-electron chi connectivity index (χ1n) is 5.98. The molecule has 0 radical (unpaired) electrons. The molecule has 3 nitrogen and oxygen atoms in total. The summed E-state index contributed by atoms with van der Waals surface area (Å²) in [5.74, 6) is 0.887. The van der Waals surface area contributed by atoms with E-state index in [1.807, 2.05) is 0 Å². The van der Waals surface area contributed by atoms with E-state index < -0.39 is 6.04 Å². The van der Waals surface area contributed by atoms with Gasteiger partial charge < -0.3 is 15.2 Å². The topological polar surface area (TPSA) is 44.5 Å². The van der Waals surface area contributed by atoms with Gasteiger partial charge in [-0.05, 0) is 35.9 Å². The van der Waals surface area contributed by atoms with E-state index in [2.05, 4.69) is 15.9 Å². The zero-order chi connectivity index (χ0) is 14.7. The predicted molar refractivity (Wildman–Crippen MR) is 79.7 cm³/mol. The summed E-state index contributed by atoms with van der Waals surface area (Å²) in [5.41, 5.74) is 7.29. The van der Waals surface area contributed by atoms with Gasteiger partial charge in [0.2, 0.25) is 0 Å². The third-order valence-corrected chi connectivity index (χ3v) is 3.52. The van der Waals surface area contributed by atoms with Gasteiger partial charge in [-0.1, -0.05) is 15.9 Å². The SMILES string of the molecule is COc1cc(OC)cc(C(N)c2cc(Br)ccc2F)c1. The van der Waals surface area contributed by atoms with Gasteiger partial charge in [-0.25, -0.2) is 4.39 Å². The minimum Gasteiger partial charge on any atom is -0.497 e. The number of hydrogen-bond donors (Lipinski definition) is 1. The van der Waals surface area contributed by atoms with Crippen LogP contribution in [0.1, 0.15) is 17.2 Å². The lowest BCUT2D eigenvalue weighted by atomic mass is 9.98. The quantitative estimate of drug-likeness (QED) is 0.924. The van der Waals surface area contributed by atoms with Crippen molar-refractivity contribution < 1.29 is 13.9 Å². The van der Waals surface area contributed by atoms with E-state index in [9.17, 15) is 4.39 Å². The second-order valence-electron chi connectivity index (χ2n) is 4.29. The van der Waals surface area contributed by atoms with Gasteiger partial charge in [-0.2, -0.15) is 0 Å². The summed E-state index contributed by atoms with van der Waals surface area (Å²) in [4.78, 5) is 0. The summed E-state index contributed by atoms with van der Waals surface area (Å²) < 4.78 is 25.1. The number of rotatable bonds is 4. The standard InChI is InChI=1S/C15H15BrFNO2/c1-19-11-5-9(6-12(8-11)20-2)15(18)13-7-10(16)3-4-14(13)17/h3-8,15H,18H2,1-2H3. The first-order valence-corrected chi connectivity index (χ1v) is 6.78. The highest BCUT2D eigenvalue weighted by atomic mass is 79.9. The molecule has 0 heterocycles. The largest absolute Gasteiger partial charge is 0.497 e. The minimum absolute atomic E-state index is 0.345. The Hall–Kier alpha value is -1.59. The lowest BCUT2D eigenvalue weighted by Gasteiger charge is -2.16. The summed E-state index contributed by atoms with van der Waals surface area (Å²) in [5, 5.41) is 0. The maximum atomic E-state index is 13.9. The van der Waals surface area contributed by atoms with Crippen LogP contribution in [-0.2, 0) is 0 Å². The van der Waals surface area contributed by atoms with Gasteiger partial charge in [-0.3, -0.25) is 0 Å². The van der Waals surface area contributed by atoms with Crippen molar-refractivity contribution in [3.63, 3.8) is 0 Å². The van der Waals surface area contributed by atoms with Crippen LogP contribution >= 0.6 is 15.9 Å². The molecule has 0 aromatic heterocycles. The normalized spacial score (nSPS) is 12.1. The molecule has 0 aliphatic heterocycles. The van der Waals surface area contributed by atoms with Crippen molar-refractivity contribution in [1.29, 1.82) is 0 Å². The van der Waals surface area contributed by atoms with Gasteiger partial charge in [0, 0.05) is 16.1 Å². The summed E-state index contributed by atoms with van der Waals surface area (Å²) in [7, 11) is 3.12. The summed E-state index contributed by atoms with van der Waals surface area (Å²) in [6, 6.07) is 9.38. The molecule has 2 aromatic carbocycles. The molecule has 0 fully saturated rings. The van der Waals surface area contributed by atoms with E-state index in [-0.39, 0.29) is 5.82 Å². The lowest BCUT2D eigenvalue weighted by molar-refractivity contribution is 0.393. The van der Waals surface area contributed by atoms with Crippen LogP contribution < -0.4 is 15.2 Å². The van der Waals surface area contributed by atoms with Crippen molar-refractivity contribution >= 4 is 15.9 Å². The van der Waals surface area contributed by atoms with Crippen LogP contribution in [0.25, 0.3) is 0 Å². The molecule has 0 saturated heterocycles. The molecule has 5 heteroatoms. The Balaban J connectivity index is 2.46. The van der Waals surface area contributed by atoms with E-state index in [0.29, 0.717) is 17.1 Å². The van der Waals surface area contributed by atoms with Crippen LogP contribution in [0.4, 0.5) is 4.39 Å². The van der Waals surface area contributed by atoms with Gasteiger partial charge in [-0.15, -0.1) is 0 Å². The Labute approximate surface area is 125 Å². The Kier molecular flexibility index (Phi) is 4.62. The number of ether oxygens (including phenoxy) is 2. The smallest absolute Gasteiger partial charge is 0.128 e. The molecule has 0 saturated carbocycles. The fourth-order valence-corrected chi connectivity index (χ4v) is 2.32. The van der Waals surface area contributed by atoms with Gasteiger partial charge >= 0.3 is 0 Å². The van der Waals surface area contributed by atoms with Crippen LogP contribution in [0, 0.1) is 5.82 Å². The van der Waals surface area contributed by atoms with E-state index in [1.54, 1.807) is 44.6 Å². The molecule has 2 rings (SSSR count). The zero-order valence-corrected chi connectivity index (χ0v) is 12.8. The fraction of sp³-hybridized carbons (Fsp3) is 0.200. The van der Waals surface area contributed by atoms with E-state index >= 15 is 0 Å². The fourth-order valence-electron chi connectivity index (χ4n) is 1.94. The molecule has 0 bridgehead atoms. The Morgan fingerprint density at radius 3 is 2.20 bits per heavy atom. The highest BCUT2D eigenvalue weighted by Gasteiger charge is 2.16. The summed E-state index contributed by atoms with van der Waals surface area (Å²) in [6.45, 7) is 0. The molecule has 2 N–H and O–H groups in total. The summed E-state index contributed by atoms with van der Waals surface area (Å²) >= 11 is 3.32.